The van der Waals surface area contributed by atoms with Crippen molar-refractivity contribution in [3.8, 4) is 17.4 Å². The number of furan rings is 1. The van der Waals surface area contributed by atoms with Gasteiger partial charge in [0, 0.05) is 5.56 Å². The van der Waals surface area contributed by atoms with E-state index in [2.05, 4.69) is 16.6 Å². The van der Waals surface area contributed by atoms with E-state index in [-0.39, 0.29) is 0 Å². The van der Waals surface area contributed by atoms with Gasteiger partial charge in [0.1, 0.15) is 11.5 Å². The van der Waals surface area contributed by atoms with E-state index in [0.29, 0.717) is 33.2 Å². The third kappa shape index (κ3) is 3.77. The Hall–Kier alpha value is -3.36. The molecule has 25 heavy (non-hydrogen) atoms. The van der Waals surface area contributed by atoms with E-state index in [0.717, 1.165) is 0 Å². The molecule has 0 fully saturated rings. The lowest BCUT2D eigenvalue weighted by atomic mass is 10.1. The first-order valence-corrected chi connectivity index (χ1v) is 7.74. The summed E-state index contributed by atoms with van der Waals surface area (Å²) in [6, 6.07) is 19.4. The SMILES string of the molecule is N#Cc1ccccc1-c1ccc(/C=N\NC(=O)c2ccccc2Cl)o1. The molecule has 122 valence electrons. The van der Waals surface area contributed by atoms with Gasteiger partial charge in [-0.15, -0.1) is 0 Å². The molecule has 1 N–H and O–H groups in total. The summed E-state index contributed by atoms with van der Waals surface area (Å²) in [6.45, 7) is 0. The van der Waals surface area contributed by atoms with Gasteiger partial charge in [0.15, 0.2) is 0 Å². The number of hydrogen-bond donors (Lipinski definition) is 1. The molecule has 0 atom stereocenters. The normalized spacial score (nSPS) is 10.6. The van der Waals surface area contributed by atoms with Crippen molar-refractivity contribution in [2.75, 3.05) is 0 Å². The molecule has 0 unspecified atom stereocenters. The van der Waals surface area contributed by atoms with Gasteiger partial charge in [-0.2, -0.15) is 10.4 Å². The van der Waals surface area contributed by atoms with Crippen LogP contribution in [0.1, 0.15) is 21.7 Å². The summed E-state index contributed by atoms with van der Waals surface area (Å²) in [7, 11) is 0. The van der Waals surface area contributed by atoms with Gasteiger partial charge < -0.3 is 4.42 Å². The first-order valence-electron chi connectivity index (χ1n) is 7.36. The van der Waals surface area contributed by atoms with Crippen LogP contribution in [0, 0.1) is 11.3 Å². The summed E-state index contributed by atoms with van der Waals surface area (Å²) in [5.74, 6) is 0.585. The molecule has 0 aliphatic rings. The summed E-state index contributed by atoms with van der Waals surface area (Å²) in [5.41, 5.74) is 3.95. The molecule has 3 aromatic rings. The van der Waals surface area contributed by atoms with Crippen molar-refractivity contribution in [1.29, 1.82) is 5.26 Å². The van der Waals surface area contributed by atoms with Gasteiger partial charge in [-0.1, -0.05) is 35.9 Å². The second-order valence-corrected chi connectivity index (χ2v) is 5.45. The number of halogens is 1. The van der Waals surface area contributed by atoms with E-state index in [4.69, 9.17) is 21.3 Å². The molecular formula is C19H12ClN3O2. The van der Waals surface area contributed by atoms with Gasteiger partial charge in [0.2, 0.25) is 0 Å². The second kappa shape index (κ2) is 7.47. The minimum Gasteiger partial charge on any atom is -0.455 e. The Kier molecular flexibility index (Phi) is 4.93. The maximum absolute atomic E-state index is 12.0. The van der Waals surface area contributed by atoms with Crippen molar-refractivity contribution in [2.45, 2.75) is 0 Å². The van der Waals surface area contributed by atoms with E-state index in [1.165, 1.54) is 6.21 Å². The standard InChI is InChI=1S/C19H12ClN3O2/c20-17-8-4-3-7-16(17)19(24)23-22-12-14-9-10-18(25-14)15-6-2-1-5-13(15)11-21/h1-10,12H,(H,23,24)/b22-12-. The Morgan fingerprint density at radius 2 is 1.88 bits per heavy atom. The molecule has 0 spiro atoms. The third-order valence-electron chi connectivity index (χ3n) is 3.42. The maximum Gasteiger partial charge on any atom is 0.272 e. The predicted octanol–water partition coefficient (Wildman–Crippen LogP) is 4.24. The average Bonchev–Trinajstić information content (AvgIpc) is 3.10. The third-order valence-corrected chi connectivity index (χ3v) is 3.75. The highest BCUT2D eigenvalue weighted by Gasteiger charge is 2.09. The number of nitrogens with zero attached hydrogens (tertiary/aromatic N) is 2. The fourth-order valence-corrected chi connectivity index (χ4v) is 2.44. The zero-order valence-electron chi connectivity index (χ0n) is 12.9. The molecule has 6 heteroatoms. The summed E-state index contributed by atoms with van der Waals surface area (Å²) in [4.78, 5) is 12.0. The van der Waals surface area contributed by atoms with E-state index >= 15 is 0 Å². The van der Waals surface area contributed by atoms with Gasteiger partial charge in [-0.05, 0) is 36.4 Å². The zero-order valence-corrected chi connectivity index (χ0v) is 13.7. The van der Waals surface area contributed by atoms with Crippen molar-refractivity contribution < 1.29 is 9.21 Å². The number of benzene rings is 2. The van der Waals surface area contributed by atoms with Crippen LogP contribution in [0.2, 0.25) is 5.02 Å². The van der Waals surface area contributed by atoms with Crippen LogP contribution in [0.15, 0.2) is 70.2 Å². The van der Waals surface area contributed by atoms with Crippen molar-refractivity contribution in [1.82, 2.24) is 5.43 Å². The molecule has 0 bridgehead atoms. The highest BCUT2D eigenvalue weighted by atomic mass is 35.5. The van der Waals surface area contributed by atoms with Crippen LogP contribution in [0.4, 0.5) is 0 Å². The molecule has 0 saturated carbocycles. The van der Waals surface area contributed by atoms with Gasteiger partial charge in [0.25, 0.3) is 5.91 Å². The molecule has 5 nitrogen and oxygen atoms in total. The van der Waals surface area contributed by atoms with E-state index in [9.17, 15) is 4.79 Å². The summed E-state index contributed by atoms with van der Waals surface area (Å²) in [5, 5.41) is 13.4. The van der Waals surface area contributed by atoms with Gasteiger partial charge in [0.05, 0.1) is 28.4 Å². The Bertz CT molecular complexity index is 986. The van der Waals surface area contributed by atoms with Gasteiger partial charge >= 0.3 is 0 Å². The lowest BCUT2D eigenvalue weighted by Gasteiger charge is -2.01. The summed E-state index contributed by atoms with van der Waals surface area (Å²) >= 11 is 5.96. The number of nitriles is 1. The minimum atomic E-state index is -0.413. The monoisotopic (exact) mass is 349 g/mol. The predicted molar refractivity (Wildman–Crippen MR) is 95.4 cm³/mol. The lowest BCUT2D eigenvalue weighted by molar-refractivity contribution is 0.0955. The zero-order chi connectivity index (χ0) is 17.6. The molecule has 3 rings (SSSR count). The number of carbonyl (C=O) groups is 1. The first-order chi connectivity index (χ1) is 12.2. The number of hydrogen-bond acceptors (Lipinski definition) is 4. The largest absolute Gasteiger partial charge is 0.455 e. The quantitative estimate of drug-likeness (QED) is 0.565. The van der Waals surface area contributed by atoms with Crippen LogP contribution in [-0.2, 0) is 0 Å². The topological polar surface area (TPSA) is 78.4 Å². The average molecular weight is 350 g/mol. The number of hydrazone groups is 1. The van der Waals surface area contributed by atoms with Gasteiger partial charge in [-0.25, -0.2) is 5.43 Å². The molecule has 1 amide bonds. The second-order valence-electron chi connectivity index (χ2n) is 5.04. The van der Waals surface area contributed by atoms with E-state index < -0.39 is 5.91 Å². The Morgan fingerprint density at radius 1 is 1.12 bits per heavy atom. The fraction of sp³-hybridized carbons (Fsp3) is 0. The van der Waals surface area contributed by atoms with E-state index in [1.807, 2.05) is 6.07 Å². The first kappa shape index (κ1) is 16.5. The Labute approximate surface area is 149 Å². The van der Waals surface area contributed by atoms with Crippen molar-refractivity contribution in [3.63, 3.8) is 0 Å². The number of rotatable bonds is 4. The van der Waals surface area contributed by atoms with Crippen LogP contribution in [0.5, 0.6) is 0 Å². The van der Waals surface area contributed by atoms with Crippen molar-refractivity contribution in [3.05, 3.63) is 82.6 Å². The minimum absolute atomic E-state index is 0.337. The van der Waals surface area contributed by atoms with Gasteiger partial charge in [-0.3, -0.25) is 4.79 Å². The fourth-order valence-electron chi connectivity index (χ4n) is 2.22. The summed E-state index contributed by atoms with van der Waals surface area (Å²) < 4.78 is 5.65. The smallest absolute Gasteiger partial charge is 0.272 e. The van der Waals surface area contributed by atoms with Crippen LogP contribution >= 0.6 is 11.6 Å². The van der Waals surface area contributed by atoms with Crippen LogP contribution < -0.4 is 5.43 Å². The Morgan fingerprint density at radius 3 is 2.68 bits per heavy atom. The molecule has 1 aromatic heterocycles. The van der Waals surface area contributed by atoms with Crippen LogP contribution in [0.25, 0.3) is 11.3 Å². The summed E-state index contributed by atoms with van der Waals surface area (Å²) in [6.07, 6.45) is 1.38. The number of carbonyl (C=O) groups excluding carboxylic acids is 1. The lowest BCUT2D eigenvalue weighted by Crippen LogP contribution is -2.17. The molecule has 1 heterocycles. The van der Waals surface area contributed by atoms with Crippen molar-refractivity contribution >= 4 is 23.7 Å². The Balaban J connectivity index is 1.72. The molecule has 0 aliphatic carbocycles. The highest BCUT2D eigenvalue weighted by molar-refractivity contribution is 6.33. The molecule has 0 radical (unpaired) electrons. The molecule has 0 aliphatic heterocycles. The number of amides is 1. The van der Waals surface area contributed by atoms with E-state index in [1.54, 1.807) is 54.6 Å². The van der Waals surface area contributed by atoms with Crippen LogP contribution in [-0.4, -0.2) is 12.1 Å². The van der Waals surface area contributed by atoms with Crippen LogP contribution in [0.3, 0.4) is 0 Å². The molecule has 0 saturated heterocycles. The molecular weight excluding hydrogens is 338 g/mol. The number of nitrogens with one attached hydrogen (secondary N) is 1. The maximum atomic E-state index is 12.0. The van der Waals surface area contributed by atoms with Crippen molar-refractivity contribution in [2.24, 2.45) is 5.10 Å². The molecule has 2 aromatic carbocycles. The highest BCUT2D eigenvalue weighted by Crippen LogP contribution is 2.24.